The van der Waals surface area contributed by atoms with Gasteiger partial charge in [0.05, 0.1) is 0 Å². The summed E-state index contributed by atoms with van der Waals surface area (Å²) in [4.78, 5) is 0. The van der Waals surface area contributed by atoms with Crippen LogP contribution in [-0.2, 0) is 0 Å². The number of ether oxygens (including phenoxy) is 1. The Bertz CT molecular complexity index is 738. The van der Waals surface area contributed by atoms with E-state index in [1.54, 1.807) is 0 Å². The van der Waals surface area contributed by atoms with Crippen molar-refractivity contribution in [1.82, 2.24) is 5.32 Å². The van der Waals surface area contributed by atoms with E-state index in [4.69, 9.17) is 4.74 Å². The number of benzene rings is 1. The van der Waals surface area contributed by atoms with E-state index in [9.17, 15) is 5.11 Å². The van der Waals surface area contributed by atoms with Crippen LogP contribution in [-0.4, -0.2) is 30.4 Å². The van der Waals surface area contributed by atoms with Gasteiger partial charge < -0.3 is 15.2 Å². The standard InChI is InChI=1S/C28H43NO2/c1-27-16-7-6-8-20(27)11-12-23-24-13-14-26(28(24,2)17-15-25(23)27)29-18-21(30)19-31-22-9-4-3-5-10-22/h3-5,9-10,20-21,23-26,29-30H,6-8,11-19H2,1-2H3/t20-,21-,23-,24-,25-,26-,27-,28-/m0/s1. The van der Waals surface area contributed by atoms with Crippen LogP contribution in [0.2, 0.25) is 0 Å². The lowest BCUT2D eigenvalue weighted by Gasteiger charge is -2.60. The fraction of sp³-hybridized carbons (Fsp3) is 0.786. The van der Waals surface area contributed by atoms with Crippen LogP contribution in [0.1, 0.15) is 78.1 Å². The Morgan fingerprint density at radius 2 is 1.74 bits per heavy atom. The smallest absolute Gasteiger partial charge is 0.119 e. The minimum absolute atomic E-state index is 0.355. The van der Waals surface area contributed by atoms with E-state index in [1.807, 2.05) is 30.3 Å². The molecule has 0 aromatic heterocycles. The largest absolute Gasteiger partial charge is 0.491 e. The van der Waals surface area contributed by atoms with Gasteiger partial charge in [-0.2, -0.15) is 0 Å². The summed E-state index contributed by atoms with van der Waals surface area (Å²) in [6.07, 6.45) is 13.9. The molecule has 8 atom stereocenters. The Labute approximate surface area is 189 Å². The minimum Gasteiger partial charge on any atom is -0.491 e. The molecular formula is C28H43NO2. The molecule has 3 heteroatoms. The van der Waals surface area contributed by atoms with Gasteiger partial charge in [0.25, 0.3) is 0 Å². The summed E-state index contributed by atoms with van der Waals surface area (Å²) in [6, 6.07) is 10.4. The highest BCUT2D eigenvalue weighted by molar-refractivity contribution is 5.21. The molecule has 0 saturated heterocycles. The first-order valence-electron chi connectivity index (χ1n) is 13.1. The molecule has 4 aliphatic rings. The lowest BCUT2D eigenvalue weighted by molar-refractivity contribution is -0.107. The minimum atomic E-state index is -0.462. The maximum atomic E-state index is 10.5. The first-order chi connectivity index (χ1) is 15.0. The van der Waals surface area contributed by atoms with Gasteiger partial charge in [-0.25, -0.2) is 0 Å². The molecule has 0 amide bonds. The van der Waals surface area contributed by atoms with Crippen molar-refractivity contribution < 1.29 is 9.84 Å². The van der Waals surface area contributed by atoms with Gasteiger partial charge in [-0.3, -0.25) is 0 Å². The number of rotatable bonds is 6. The summed E-state index contributed by atoms with van der Waals surface area (Å²) in [5.41, 5.74) is 1.03. The molecule has 0 aliphatic heterocycles. The highest BCUT2D eigenvalue weighted by Crippen LogP contribution is 2.66. The first-order valence-corrected chi connectivity index (χ1v) is 13.1. The van der Waals surface area contributed by atoms with Crippen molar-refractivity contribution in [3.8, 4) is 5.75 Å². The van der Waals surface area contributed by atoms with Crippen LogP contribution in [0.15, 0.2) is 30.3 Å². The van der Waals surface area contributed by atoms with Crippen LogP contribution in [0, 0.1) is 34.5 Å². The van der Waals surface area contributed by atoms with Crippen molar-refractivity contribution in [1.29, 1.82) is 0 Å². The van der Waals surface area contributed by atoms with E-state index < -0.39 is 6.10 Å². The van der Waals surface area contributed by atoms with Crippen LogP contribution >= 0.6 is 0 Å². The summed E-state index contributed by atoms with van der Waals surface area (Å²) in [7, 11) is 0. The van der Waals surface area contributed by atoms with Gasteiger partial charge in [0, 0.05) is 12.6 Å². The van der Waals surface area contributed by atoms with Crippen LogP contribution in [0.5, 0.6) is 5.75 Å². The van der Waals surface area contributed by atoms with Gasteiger partial charge in [0.15, 0.2) is 0 Å². The van der Waals surface area contributed by atoms with Crippen LogP contribution < -0.4 is 10.1 Å². The molecule has 0 spiro atoms. The second-order valence-electron chi connectivity index (χ2n) is 11.8. The summed E-state index contributed by atoms with van der Waals surface area (Å²) in [5, 5.41) is 14.3. The predicted molar refractivity (Wildman–Crippen MR) is 126 cm³/mol. The van der Waals surface area contributed by atoms with E-state index in [-0.39, 0.29) is 0 Å². The van der Waals surface area contributed by atoms with Crippen LogP contribution in [0.25, 0.3) is 0 Å². The number of hydrogen-bond acceptors (Lipinski definition) is 3. The Morgan fingerprint density at radius 3 is 2.58 bits per heavy atom. The third kappa shape index (κ3) is 3.95. The van der Waals surface area contributed by atoms with Gasteiger partial charge >= 0.3 is 0 Å². The molecule has 0 heterocycles. The predicted octanol–water partition coefficient (Wildman–Crippen LogP) is 5.82. The molecule has 31 heavy (non-hydrogen) atoms. The molecule has 1 aromatic carbocycles. The number of para-hydroxylation sites is 1. The third-order valence-corrected chi connectivity index (χ3v) is 10.4. The fourth-order valence-electron chi connectivity index (χ4n) is 8.68. The monoisotopic (exact) mass is 425 g/mol. The van der Waals surface area contributed by atoms with Crippen LogP contribution in [0.4, 0.5) is 0 Å². The molecule has 4 saturated carbocycles. The molecule has 5 rings (SSSR count). The Kier molecular flexibility index (Phi) is 6.11. The maximum absolute atomic E-state index is 10.5. The molecule has 2 N–H and O–H groups in total. The van der Waals surface area contributed by atoms with Crippen molar-refractivity contribution >= 4 is 0 Å². The number of aliphatic hydroxyl groups excluding tert-OH is 1. The van der Waals surface area contributed by atoms with E-state index in [2.05, 4.69) is 19.2 Å². The number of hydrogen-bond donors (Lipinski definition) is 2. The van der Waals surface area contributed by atoms with E-state index in [1.165, 1.54) is 64.2 Å². The maximum Gasteiger partial charge on any atom is 0.119 e. The number of fused-ring (bicyclic) bond motifs is 5. The summed E-state index contributed by atoms with van der Waals surface area (Å²) in [6.45, 7) is 6.23. The van der Waals surface area contributed by atoms with E-state index in [0.717, 1.165) is 29.4 Å². The van der Waals surface area contributed by atoms with Gasteiger partial charge in [-0.05, 0) is 98.0 Å². The van der Waals surface area contributed by atoms with Gasteiger partial charge in [0.1, 0.15) is 18.5 Å². The van der Waals surface area contributed by atoms with Crippen molar-refractivity contribution in [2.24, 2.45) is 34.5 Å². The number of aliphatic hydroxyl groups is 1. The highest BCUT2D eigenvalue weighted by Gasteiger charge is 2.59. The van der Waals surface area contributed by atoms with Crippen LogP contribution in [0.3, 0.4) is 0 Å². The van der Waals surface area contributed by atoms with Gasteiger partial charge in [-0.15, -0.1) is 0 Å². The summed E-state index contributed by atoms with van der Waals surface area (Å²) in [5.74, 6) is 4.62. The van der Waals surface area contributed by atoms with Crippen molar-refractivity contribution in [3.05, 3.63) is 30.3 Å². The zero-order chi connectivity index (χ0) is 21.5. The molecule has 3 nitrogen and oxygen atoms in total. The average Bonchev–Trinajstić information content (AvgIpc) is 3.13. The normalized spacial score (nSPS) is 42.9. The molecule has 0 radical (unpaired) electrons. The van der Waals surface area contributed by atoms with Crippen molar-refractivity contribution in [2.75, 3.05) is 13.2 Å². The Hall–Kier alpha value is -1.06. The second kappa shape index (κ2) is 8.71. The lowest BCUT2D eigenvalue weighted by atomic mass is 9.45. The SMILES string of the molecule is C[C@]12CCCC[C@H]1CC[C@@H]1[C@@H]2CC[C@]2(C)[C@@H](NC[C@H](O)COc3ccccc3)CC[C@@H]12. The van der Waals surface area contributed by atoms with Crippen molar-refractivity contribution in [3.63, 3.8) is 0 Å². The Balaban J connectivity index is 1.18. The topological polar surface area (TPSA) is 41.5 Å². The molecule has 172 valence electrons. The zero-order valence-electron chi connectivity index (χ0n) is 19.7. The molecule has 1 aromatic rings. The van der Waals surface area contributed by atoms with Gasteiger partial charge in [-0.1, -0.05) is 44.9 Å². The molecule has 0 bridgehead atoms. The molecule has 0 unspecified atom stereocenters. The third-order valence-electron chi connectivity index (χ3n) is 10.4. The molecule has 4 aliphatic carbocycles. The van der Waals surface area contributed by atoms with Gasteiger partial charge in [0.2, 0.25) is 0 Å². The molecule has 4 fully saturated rings. The van der Waals surface area contributed by atoms with E-state index in [0.29, 0.717) is 30.0 Å². The van der Waals surface area contributed by atoms with Crippen molar-refractivity contribution in [2.45, 2.75) is 90.2 Å². The fourth-order valence-corrected chi connectivity index (χ4v) is 8.68. The molecular weight excluding hydrogens is 382 g/mol. The first kappa shape index (κ1) is 21.8. The second-order valence-corrected chi connectivity index (χ2v) is 11.8. The lowest BCUT2D eigenvalue weighted by Crippen LogP contribution is -2.55. The Morgan fingerprint density at radius 1 is 0.935 bits per heavy atom. The summed E-state index contributed by atoms with van der Waals surface area (Å²) >= 11 is 0. The quantitative estimate of drug-likeness (QED) is 0.604. The summed E-state index contributed by atoms with van der Waals surface area (Å²) < 4.78 is 5.76. The highest BCUT2D eigenvalue weighted by atomic mass is 16.5. The van der Waals surface area contributed by atoms with E-state index >= 15 is 0 Å². The zero-order valence-corrected chi connectivity index (χ0v) is 19.7. The number of nitrogens with one attached hydrogen (secondary N) is 1. The average molecular weight is 426 g/mol.